The maximum Gasteiger partial charge on any atom is 0.338 e. The van der Waals surface area contributed by atoms with Crippen LogP contribution < -0.4 is 10.9 Å². The first kappa shape index (κ1) is 21.0. The number of amides is 1. The highest BCUT2D eigenvalue weighted by molar-refractivity contribution is 6.05. The molecule has 7 nitrogen and oxygen atoms in total. The van der Waals surface area contributed by atoms with E-state index in [0.29, 0.717) is 28.8 Å². The van der Waals surface area contributed by atoms with E-state index in [2.05, 4.69) is 10.3 Å². The Morgan fingerprint density at radius 1 is 1.00 bits per heavy atom. The molecule has 0 radical (unpaired) electrons. The summed E-state index contributed by atoms with van der Waals surface area (Å²) >= 11 is 0. The lowest BCUT2D eigenvalue weighted by Gasteiger charge is -2.12. The van der Waals surface area contributed by atoms with Crippen molar-refractivity contribution in [3.8, 4) is 0 Å². The van der Waals surface area contributed by atoms with Crippen LogP contribution in [0.2, 0.25) is 0 Å². The van der Waals surface area contributed by atoms with Crippen molar-refractivity contribution in [2.24, 2.45) is 0 Å². The van der Waals surface area contributed by atoms with Gasteiger partial charge in [0, 0.05) is 17.3 Å². The molecule has 0 saturated heterocycles. The average Bonchev–Trinajstić information content (AvgIpc) is 2.82. The number of anilines is 1. The highest BCUT2D eigenvalue weighted by atomic mass is 16.5. The fourth-order valence-corrected chi connectivity index (χ4v) is 3.38. The Kier molecular flexibility index (Phi) is 6.07. The molecular formula is C25H21N3O4. The maximum absolute atomic E-state index is 13.2. The molecule has 7 heteroatoms. The van der Waals surface area contributed by atoms with Crippen molar-refractivity contribution in [2.75, 3.05) is 11.9 Å². The molecule has 0 spiro atoms. The topological polar surface area (TPSA) is 90.3 Å². The van der Waals surface area contributed by atoms with Crippen LogP contribution in [0.3, 0.4) is 0 Å². The van der Waals surface area contributed by atoms with Crippen molar-refractivity contribution in [3.05, 3.63) is 106 Å². The van der Waals surface area contributed by atoms with Gasteiger partial charge in [0.1, 0.15) is 11.2 Å². The zero-order valence-electron chi connectivity index (χ0n) is 17.4. The lowest BCUT2D eigenvalue weighted by Crippen LogP contribution is -2.30. The first-order valence-electron chi connectivity index (χ1n) is 10.2. The van der Waals surface area contributed by atoms with Gasteiger partial charge in [-0.05, 0) is 55.0 Å². The fraction of sp³-hybridized carbons (Fsp3) is 0.120. The monoisotopic (exact) mass is 427 g/mol. The SMILES string of the molecule is CCOC(=O)c1ccc(NC(=O)c2cc3cccnc3n(Cc3ccccc3)c2=O)cc1. The molecule has 0 saturated carbocycles. The largest absolute Gasteiger partial charge is 0.462 e. The van der Waals surface area contributed by atoms with Crippen LogP contribution in [-0.2, 0) is 11.3 Å². The van der Waals surface area contributed by atoms with Gasteiger partial charge in [-0.3, -0.25) is 14.2 Å². The van der Waals surface area contributed by atoms with Crippen LogP contribution in [0.1, 0.15) is 33.2 Å². The van der Waals surface area contributed by atoms with Crippen molar-refractivity contribution in [1.29, 1.82) is 0 Å². The van der Waals surface area contributed by atoms with Gasteiger partial charge in [0.25, 0.3) is 11.5 Å². The van der Waals surface area contributed by atoms with E-state index in [4.69, 9.17) is 4.74 Å². The van der Waals surface area contributed by atoms with Crippen LogP contribution in [0.15, 0.2) is 83.8 Å². The summed E-state index contributed by atoms with van der Waals surface area (Å²) in [5.41, 5.74) is 1.86. The van der Waals surface area contributed by atoms with E-state index in [1.807, 2.05) is 36.4 Å². The summed E-state index contributed by atoms with van der Waals surface area (Å²) in [5.74, 6) is -0.970. The Hall–Kier alpha value is -4.26. The summed E-state index contributed by atoms with van der Waals surface area (Å²) in [5, 5.41) is 3.41. The maximum atomic E-state index is 13.2. The average molecular weight is 427 g/mol. The molecule has 4 rings (SSSR count). The molecule has 2 heterocycles. The minimum Gasteiger partial charge on any atom is -0.462 e. The summed E-state index contributed by atoms with van der Waals surface area (Å²) in [6, 6.07) is 21.0. The Labute approximate surface area is 184 Å². The lowest BCUT2D eigenvalue weighted by atomic mass is 10.1. The molecule has 0 aliphatic heterocycles. The highest BCUT2D eigenvalue weighted by Gasteiger charge is 2.17. The number of carbonyl (C=O) groups excluding carboxylic acids is 2. The number of fused-ring (bicyclic) bond motifs is 1. The number of hydrogen-bond donors (Lipinski definition) is 1. The number of carbonyl (C=O) groups is 2. The van der Waals surface area contributed by atoms with Gasteiger partial charge in [0.05, 0.1) is 18.7 Å². The lowest BCUT2D eigenvalue weighted by molar-refractivity contribution is 0.0526. The molecule has 0 unspecified atom stereocenters. The third-order valence-corrected chi connectivity index (χ3v) is 4.93. The molecule has 0 aliphatic carbocycles. The van der Waals surface area contributed by atoms with Crippen molar-refractivity contribution < 1.29 is 14.3 Å². The van der Waals surface area contributed by atoms with Gasteiger partial charge in [-0.25, -0.2) is 9.78 Å². The van der Waals surface area contributed by atoms with E-state index in [1.165, 1.54) is 4.57 Å². The predicted molar refractivity (Wildman–Crippen MR) is 122 cm³/mol. The van der Waals surface area contributed by atoms with E-state index < -0.39 is 17.4 Å². The molecule has 160 valence electrons. The van der Waals surface area contributed by atoms with Gasteiger partial charge in [-0.15, -0.1) is 0 Å². The number of esters is 1. The zero-order chi connectivity index (χ0) is 22.5. The molecule has 0 fully saturated rings. The smallest absolute Gasteiger partial charge is 0.338 e. The van der Waals surface area contributed by atoms with Crippen molar-refractivity contribution >= 4 is 28.6 Å². The Bertz CT molecular complexity index is 1330. The molecule has 0 aliphatic rings. The zero-order valence-corrected chi connectivity index (χ0v) is 17.4. The Balaban J connectivity index is 1.66. The van der Waals surface area contributed by atoms with Crippen LogP contribution in [0.25, 0.3) is 11.0 Å². The molecule has 2 aromatic carbocycles. The van der Waals surface area contributed by atoms with E-state index in [9.17, 15) is 14.4 Å². The molecular weight excluding hydrogens is 406 g/mol. The number of aromatic nitrogens is 2. The van der Waals surface area contributed by atoms with E-state index >= 15 is 0 Å². The minimum atomic E-state index is -0.536. The van der Waals surface area contributed by atoms with Gasteiger partial charge >= 0.3 is 5.97 Å². The van der Waals surface area contributed by atoms with E-state index in [1.54, 1.807) is 49.5 Å². The Morgan fingerprint density at radius 3 is 2.47 bits per heavy atom. The van der Waals surface area contributed by atoms with E-state index in [0.717, 1.165) is 5.56 Å². The second kappa shape index (κ2) is 9.26. The number of rotatable bonds is 6. The van der Waals surface area contributed by atoms with Crippen LogP contribution >= 0.6 is 0 Å². The summed E-state index contributed by atoms with van der Waals surface area (Å²) in [6.45, 7) is 2.31. The molecule has 2 aromatic heterocycles. The van der Waals surface area contributed by atoms with Gasteiger partial charge in [-0.2, -0.15) is 0 Å². The Morgan fingerprint density at radius 2 is 1.75 bits per heavy atom. The molecule has 0 atom stereocenters. The van der Waals surface area contributed by atoms with Crippen molar-refractivity contribution in [2.45, 2.75) is 13.5 Å². The molecule has 1 N–H and O–H groups in total. The summed E-state index contributed by atoms with van der Waals surface area (Å²) in [4.78, 5) is 42.4. The first-order valence-corrected chi connectivity index (χ1v) is 10.2. The summed E-state index contributed by atoms with van der Waals surface area (Å²) < 4.78 is 6.46. The number of pyridine rings is 2. The number of hydrogen-bond acceptors (Lipinski definition) is 5. The van der Waals surface area contributed by atoms with Crippen LogP contribution in [0, 0.1) is 0 Å². The third kappa shape index (κ3) is 4.41. The predicted octanol–water partition coefficient (Wildman–Crippen LogP) is 3.87. The first-order chi connectivity index (χ1) is 15.6. The van der Waals surface area contributed by atoms with Gasteiger partial charge in [-0.1, -0.05) is 30.3 Å². The van der Waals surface area contributed by atoms with Crippen molar-refractivity contribution in [1.82, 2.24) is 9.55 Å². The second-order valence-corrected chi connectivity index (χ2v) is 7.10. The normalized spacial score (nSPS) is 10.7. The molecule has 0 bridgehead atoms. The third-order valence-electron chi connectivity index (χ3n) is 4.93. The number of benzene rings is 2. The summed E-state index contributed by atoms with van der Waals surface area (Å²) in [7, 11) is 0. The minimum absolute atomic E-state index is 0.0101. The number of nitrogens with one attached hydrogen (secondary N) is 1. The molecule has 1 amide bonds. The van der Waals surface area contributed by atoms with Crippen molar-refractivity contribution in [3.63, 3.8) is 0 Å². The standard InChI is InChI=1S/C25H21N3O4/c1-2-32-25(31)18-10-12-20(13-11-18)27-23(29)21-15-19-9-6-14-26-22(19)28(24(21)30)16-17-7-4-3-5-8-17/h3-15H,2,16H2,1H3,(H,27,29). The summed E-state index contributed by atoms with van der Waals surface area (Å²) in [6.07, 6.45) is 1.62. The molecule has 4 aromatic rings. The van der Waals surface area contributed by atoms with Gasteiger partial charge < -0.3 is 10.1 Å². The second-order valence-electron chi connectivity index (χ2n) is 7.10. The number of nitrogens with zero attached hydrogens (tertiary/aromatic N) is 2. The van der Waals surface area contributed by atoms with Crippen LogP contribution in [0.5, 0.6) is 0 Å². The quantitative estimate of drug-likeness (QED) is 0.472. The van der Waals surface area contributed by atoms with Gasteiger partial charge in [0.2, 0.25) is 0 Å². The fourth-order valence-electron chi connectivity index (χ4n) is 3.38. The van der Waals surface area contributed by atoms with Gasteiger partial charge in [0.15, 0.2) is 0 Å². The van der Waals surface area contributed by atoms with Crippen LogP contribution in [-0.4, -0.2) is 28.0 Å². The van der Waals surface area contributed by atoms with Crippen LogP contribution in [0.4, 0.5) is 5.69 Å². The van der Waals surface area contributed by atoms with E-state index in [-0.39, 0.29) is 12.2 Å². The number of ether oxygens (including phenoxy) is 1. The highest BCUT2D eigenvalue weighted by Crippen LogP contribution is 2.15. The molecule has 32 heavy (non-hydrogen) atoms.